The zero-order valence-corrected chi connectivity index (χ0v) is 57.7. The molecule has 34 heteroatoms. The first-order valence-electron chi connectivity index (χ1n) is 32.2. The number of ether oxygens (including phenoxy) is 2. The van der Waals surface area contributed by atoms with Crippen molar-refractivity contribution < 1.29 is 90.9 Å². The number of fused-ring (bicyclic) bond motifs is 3. The van der Waals surface area contributed by atoms with Gasteiger partial charge in [0.15, 0.2) is 11.4 Å². The number of nitrogens with one attached hydrogen (secondary N) is 5. The Balaban J connectivity index is 0.000000217. The molecule has 3 saturated heterocycles. The van der Waals surface area contributed by atoms with Crippen molar-refractivity contribution in [1.29, 1.82) is 0 Å². The lowest BCUT2D eigenvalue weighted by atomic mass is 9.86. The quantitative estimate of drug-likeness (QED) is 0.101. The number of piperidine rings is 3. The molecular formula is C67H80Cl2F12N12O8. The molecule has 554 valence electrons. The summed E-state index contributed by atoms with van der Waals surface area (Å²) in [5, 5.41) is 27.2. The van der Waals surface area contributed by atoms with Gasteiger partial charge in [-0.25, -0.2) is 22.8 Å². The van der Waals surface area contributed by atoms with E-state index in [1.807, 2.05) is 27.0 Å². The maximum Gasteiger partial charge on any atom is 0.416 e. The minimum Gasteiger partial charge on any atom is -0.444 e. The Morgan fingerprint density at radius 2 is 0.851 bits per heavy atom. The fourth-order valence-corrected chi connectivity index (χ4v) is 12.7. The van der Waals surface area contributed by atoms with Crippen LogP contribution in [0.2, 0.25) is 0 Å². The molecule has 20 nitrogen and oxygen atoms in total. The van der Waals surface area contributed by atoms with Crippen molar-refractivity contribution in [2.45, 2.75) is 166 Å². The van der Waals surface area contributed by atoms with Crippen molar-refractivity contribution >= 4 is 55.0 Å². The number of benzene rings is 3. The summed E-state index contributed by atoms with van der Waals surface area (Å²) in [6, 6.07) is 7.88. The van der Waals surface area contributed by atoms with Crippen molar-refractivity contribution in [2.75, 3.05) is 58.9 Å². The van der Waals surface area contributed by atoms with Crippen molar-refractivity contribution in [3.8, 4) is 0 Å². The van der Waals surface area contributed by atoms with Gasteiger partial charge in [-0.2, -0.15) is 64.4 Å². The van der Waals surface area contributed by atoms with Crippen LogP contribution in [0.1, 0.15) is 186 Å². The SMILES string of the molecule is CC(C)(C)OC(=O)N1CCc2c(C(=O)N3CCC(c4cc(F)ccc4C(F)(F)F)CC3)n[nH]c2C1.CC(C)(C)OC(=O)N1CCc2cn[nH]c2C1.Cl.Cl.Fc1ccc(C(F)(F)F)c(C2CCNCC2)c1.O=C(c1n[nH]c2c1CCNC2)N1CCC(c2cc(F)ccc2C(F)(F)F)CC1.O=C=O. The van der Waals surface area contributed by atoms with Crippen molar-refractivity contribution in [2.24, 2.45) is 0 Å². The Morgan fingerprint density at radius 1 is 0.475 bits per heavy atom. The van der Waals surface area contributed by atoms with Crippen molar-refractivity contribution in [1.82, 2.24) is 60.8 Å². The zero-order valence-electron chi connectivity index (χ0n) is 56.1. The Morgan fingerprint density at radius 3 is 1.26 bits per heavy atom. The maximum atomic E-state index is 13.7. The van der Waals surface area contributed by atoms with Crippen molar-refractivity contribution in [3.05, 3.63) is 157 Å². The molecule has 0 atom stereocenters. The number of hydrogen-bond donors (Lipinski definition) is 5. The van der Waals surface area contributed by atoms with Gasteiger partial charge >= 0.3 is 36.9 Å². The molecule has 3 aromatic heterocycles. The van der Waals surface area contributed by atoms with E-state index in [1.54, 1.807) is 40.4 Å². The third-order valence-corrected chi connectivity index (χ3v) is 17.4. The average Bonchev–Trinajstić information content (AvgIpc) is 1.42. The molecule has 3 fully saturated rings. The molecule has 0 unspecified atom stereocenters. The summed E-state index contributed by atoms with van der Waals surface area (Å²) in [5.74, 6) is -3.64. The molecular weight excluding hydrogens is 1400 g/mol. The standard InChI is InChI=1S/C24H28F4N4O3.C19H20F4N4O.C12H13F4N.C11H17N3O2.CO2.2ClH/c1-23(2,3)35-22(34)32-11-8-16-19(13-32)29-30-20(16)21(33)31-9-6-14(7-10-31)17-12-15(25)4-5-18(17)24(26,27)28;20-12-1-2-15(19(21,22)23)14(9-12)11-4-7-27(8-5-11)18(28)17-13-3-6-24-10-16(13)25-26-17;13-9-1-2-11(12(14,15)16)10(7-9)8-3-5-17-6-4-8;1-11(2,3)16-10(15)14-5-4-8-6-12-13-9(8)7-14;2-1-3;;/h4-5,12,14H,6-11,13H2,1-3H3,(H,29,30);1-2,9,11,24H,3-8,10H2,(H,25,26);1-2,7-8,17H,3-6H2;6H,4-5,7H2,1-3H3,(H,12,13);;2*1H. The van der Waals surface area contributed by atoms with Gasteiger partial charge in [-0.3, -0.25) is 24.9 Å². The number of rotatable bonds is 5. The molecule has 101 heavy (non-hydrogen) atoms. The number of alkyl halides is 9. The Kier molecular flexibility index (Phi) is 28.1. The minimum absolute atomic E-state index is 0. The molecule has 5 N–H and O–H groups in total. The van der Waals surface area contributed by atoms with Crippen molar-refractivity contribution in [3.63, 3.8) is 0 Å². The maximum absolute atomic E-state index is 13.7. The number of hydrogen-bond acceptors (Lipinski definition) is 13. The average molecular weight is 1480 g/mol. The van der Waals surface area contributed by atoms with Gasteiger partial charge in [-0.1, -0.05) is 0 Å². The number of nitrogens with zero attached hydrogens (tertiary/aromatic N) is 7. The molecule has 12 rings (SSSR count). The molecule has 0 radical (unpaired) electrons. The lowest BCUT2D eigenvalue weighted by Crippen LogP contribution is -2.41. The number of carbonyl (C=O) groups excluding carboxylic acids is 6. The van der Waals surface area contributed by atoms with E-state index in [1.165, 1.54) is 5.56 Å². The molecule has 6 aliphatic heterocycles. The van der Waals surface area contributed by atoms with Gasteiger partial charge in [-0.05, 0) is 214 Å². The first-order valence-corrected chi connectivity index (χ1v) is 32.2. The van der Waals surface area contributed by atoms with Crippen LogP contribution in [0.5, 0.6) is 0 Å². The highest BCUT2D eigenvalue weighted by Gasteiger charge is 2.41. The summed E-state index contributed by atoms with van der Waals surface area (Å²) in [6.45, 7) is 16.7. The molecule has 0 saturated carbocycles. The second-order valence-corrected chi connectivity index (χ2v) is 26.6. The van der Waals surface area contributed by atoms with E-state index in [9.17, 15) is 71.9 Å². The number of H-pyrrole nitrogens is 3. The Hall–Kier alpha value is -8.19. The van der Waals surface area contributed by atoms with Crippen LogP contribution in [0.25, 0.3) is 0 Å². The monoisotopic (exact) mass is 1480 g/mol. The molecule has 9 heterocycles. The summed E-state index contributed by atoms with van der Waals surface area (Å²) < 4.78 is 170. The third kappa shape index (κ3) is 21.9. The number of halogens is 14. The number of amides is 4. The van der Waals surface area contributed by atoms with E-state index in [-0.39, 0.29) is 110 Å². The summed E-state index contributed by atoms with van der Waals surface area (Å²) in [7, 11) is 0. The largest absolute Gasteiger partial charge is 0.444 e. The van der Waals surface area contributed by atoms with Gasteiger partial charge in [-0.15, -0.1) is 24.8 Å². The third-order valence-electron chi connectivity index (χ3n) is 17.4. The van der Waals surface area contributed by atoms with Crippen LogP contribution in [-0.2, 0) is 76.5 Å². The lowest BCUT2D eigenvalue weighted by molar-refractivity contribution is -0.191. The number of aromatic nitrogens is 6. The predicted octanol–water partition coefficient (Wildman–Crippen LogP) is 13.4. The van der Waals surface area contributed by atoms with Crippen LogP contribution in [0.3, 0.4) is 0 Å². The van der Waals surface area contributed by atoms with Gasteiger partial charge in [0.1, 0.15) is 28.7 Å². The summed E-state index contributed by atoms with van der Waals surface area (Å²) in [5.41, 5.74) is 2.70. The summed E-state index contributed by atoms with van der Waals surface area (Å²) in [6.07, 6.45) is -7.64. The van der Waals surface area contributed by atoms with Gasteiger partial charge in [0.2, 0.25) is 0 Å². The first-order chi connectivity index (χ1) is 46.5. The minimum atomic E-state index is -4.57. The number of aromatic amines is 3. The molecule has 6 aliphatic rings. The van der Waals surface area contributed by atoms with Gasteiger partial charge in [0, 0.05) is 56.9 Å². The highest BCUT2D eigenvalue weighted by molar-refractivity contribution is 5.95. The lowest BCUT2D eigenvalue weighted by Gasteiger charge is -2.33. The summed E-state index contributed by atoms with van der Waals surface area (Å²) in [4.78, 5) is 72.9. The smallest absolute Gasteiger partial charge is 0.416 e. The van der Waals surface area contributed by atoms with Gasteiger partial charge in [0.25, 0.3) is 11.8 Å². The predicted molar refractivity (Wildman–Crippen MR) is 346 cm³/mol. The normalized spacial score (nSPS) is 16.7. The van der Waals surface area contributed by atoms with Crippen LogP contribution < -0.4 is 10.6 Å². The highest BCUT2D eigenvalue weighted by atomic mass is 35.5. The topological polar surface area (TPSA) is 244 Å². The van der Waals surface area contributed by atoms with E-state index in [2.05, 4.69) is 41.2 Å². The van der Waals surface area contributed by atoms with E-state index in [0.29, 0.717) is 102 Å². The van der Waals surface area contributed by atoms with Crippen LogP contribution in [-0.4, -0.2) is 150 Å². The van der Waals surface area contributed by atoms with Gasteiger partial charge < -0.3 is 39.7 Å². The van der Waals surface area contributed by atoms with Crippen LogP contribution >= 0.6 is 24.8 Å². The van der Waals surface area contributed by atoms with Crippen LogP contribution in [0.15, 0.2) is 60.8 Å². The van der Waals surface area contributed by atoms with E-state index in [4.69, 9.17) is 19.1 Å². The molecule has 3 aromatic carbocycles. The van der Waals surface area contributed by atoms with Crippen LogP contribution in [0.4, 0.5) is 62.3 Å². The highest BCUT2D eigenvalue weighted by Crippen LogP contribution is 2.43. The van der Waals surface area contributed by atoms with Crippen LogP contribution in [0, 0.1) is 17.5 Å². The second-order valence-electron chi connectivity index (χ2n) is 26.6. The number of carbonyl (C=O) groups is 4. The number of likely N-dealkylation sites (tertiary alicyclic amines) is 2. The summed E-state index contributed by atoms with van der Waals surface area (Å²) >= 11 is 0. The first kappa shape index (κ1) is 81.8. The van der Waals surface area contributed by atoms with E-state index < -0.39 is 81.8 Å². The molecule has 4 amide bonds. The molecule has 6 aromatic rings. The molecule has 0 aliphatic carbocycles. The fraction of sp³-hybridized carbons (Fsp3) is 0.522. The van der Waals surface area contributed by atoms with E-state index >= 15 is 0 Å². The Bertz CT molecular complexity index is 3820. The van der Waals surface area contributed by atoms with Gasteiger partial charge in [0.05, 0.1) is 53.1 Å². The second kappa shape index (κ2) is 34.7. The zero-order chi connectivity index (χ0) is 72.4. The molecule has 0 bridgehead atoms. The van der Waals surface area contributed by atoms with E-state index in [0.717, 1.165) is 90.1 Å². The molecule has 0 spiro atoms. The fourth-order valence-electron chi connectivity index (χ4n) is 12.7. The Labute approximate surface area is 586 Å².